The van der Waals surface area contributed by atoms with Crippen molar-refractivity contribution in [3.8, 4) is 5.75 Å². The largest absolute Gasteiger partial charge is 0.486 e. The average molecular weight is 360 g/mol. The predicted molar refractivity (Wildman–Crippen MR) is 93.7 cm³/mol. The maximum absolute atomic E-state index is 12.0. The fourth-order valence-corrected chi connectivity index (χ4v) is 2.35. The molecule has 7 heteroatoms. The third kappa shape index (κ3) is 5.12. The number of nitrogens with zero attached hydrogens (tertiary/aromatic N) is 2. The fourth-order valence-electron chi connectivity index (χ4n) is 2.23. The average Bonchev–Trinajstić information content (AvgIpc) is 3.30. The summed E-state index contributed by atoms with van der Waals surface area (Å²) in [5, 5.41) is 7.58. The maximum Gasteiger partial charge on any atom is 0.286 e. The highest BCUT2D eigenvalue weighted by Gasteiger charge is 2.11. The van der Waals surface area contributed by atoms with E-state index in [1.807, 2.05) is 16.9 Å². The van der Waals surface area contributed by atoms with Gasteiger partial charge in [0.2, 0.25) is 0 Å². The van der Waals surface area contributed by atoms with Gasteiger partial charge >= 0.3 is 0 Å². The molecule has 2 aromatic heterocycles. The van der Waals surface area contributed by atoms with E-state index in [1.54, 1.807) is 42.6 Å². The first kappa shape index (κ1) is 17.1. The van der Waals surface area contributed by atoms with Gasteiger partial charge in [-0.25, -0.2) is 0 Å². The molecule has 3 rings (SSSR count). The molecule has 25 heavy (non-hydrogen) atoms. The van der Waals surface area contributed by atoms with Gasteiger partial charge in [0.1, 0.15) is 18.1 Å². The minimum atomic E-state index is -0.238. The fraction of sp³-hybridized carbons (Fsp3) is 0.222. The number of nitrogens with one attached hydrogen (secondary N) is 1. The smallest absolute Gasteiger partial charge is 0.286 e. The Morgan fingerprint density at radius 1 is 1.24 bits per heavy atom. The van der Waals surface area contributed by atoms with Gasteiger partial charge in [-0.15, -0.1) is 0 Å². The molecule has 1 aromatic carbocycles. The van der Waals surface area contributed by atoms with E-state index in [2.05, 4.69) is 10.4 Å². The van der Waals surface area contributed by atoms with Crippen LogP contribution in [0.2, 0.25) is 5.02 Å². The molecule has 0 spiro atoms. The summed E-state index contributed by atoms with van der Waals surface area (Å²) in [4.78, 5) is 12.0. The van der Waals surface area contributed by atoms with E-state index in [0.717, 1.165) is 13.0 Å². The Labute approximate surface area is 150 Å². The van der Waals surface area contributed by atoms with Crippen LogP contribution >= 0.6 is 11.6 Å². The quantitative estimate of drug-likeness (QED) is 0.625. The topological polar surface area (TPSA) is 69.3 Å². The van der Waals surface area contributed by atoms with E-state index < -0.39 is 0 Å². The van der Waals surface area contributed by atoms with Crippen molar-refractivity contribution >= 4 is 17.5 Å². The van der Waals surface area contributed by atoms with Gasteiger partial charge in [-0.05, 0) is 48.9 Å². The van der Waals surface area contributed by atoms with Crippen LogP contribution in [0.15, 0.2) is 59.3 Å². The van der Waals surface area contributed by atoms with Crippen molar-refractivity contribution in [3.05, 3.63) is 71.4 Å². The van der Waals surface area contributed by atoms with Crippen LogP contribution in [0.3, 0.4) is 0 Å². The van der Waals surface area contributed by atoms with Crippen LogP contribution in [0.1, 0.15) is 22.7 Å². The number of furan rings is 1. The Bertz CT molecular complexity index is 797. The molecule has 6 nitrogen and oxygen atoms in total. The number of aromatic nitrogens is 2. The van der Waals surface area contributed by atoms with Crippen LogP contribution in [0.4, 0.5) is 0 Å². The number of amides is 1. The molecule has 0 aliphatic rings. The van der Waals surface area contributed by atoms with E-state index in [4.69, 9.17) is 20.8 Å². The highest BCUT2D eigenvalue weighted by atomic mass is 35.5. The van der Waals surface area contributed by atoms with Gasteiger partial charge in [0.05, 0.1) is 0 Å². The SMILES string of the molecule is O=C(NCCCn1cccn1)c1ccc(COc2ccc(Cl)cc2)o1. The van der Waals surface area contributed by atoms with E-state index in [0.29, 0.717) is 23.1 Å². The Hall–Kier alpha value is -2.73. The first-order valence-corrected chi connectivity index (χ1v) is 8.31. The molecule has 0 saturated heterocycles. The number of halogens is 1. The molecule has 0 unspecified atom stereocenters. The molecule has 0 saturated carbocycles. The second-order valence-corrected chi connectivity index (χ2v) is 5.82. The highest BCUT2D eigenvalue weighted by molar-refractivity contribution is 6.30. The van der Waals surface area contributed by atoms with Gasteiger partial charge in [-0.1, -0.05) is 11.6 Å². The molecule has 0 radical (unpaired) electrons. The molecular weight excluding hydrogens is 342 g/mol. The minimum absolute atomic E-state index is 0.238. The molecule has 0 fully saturated rings. The van der Waals surface area contributed by atoms with Gasteiger partial charge < -0.3 is 14.5 Å². The summed E-state index contributed by atoms with van der Waals surface area (Å²) >= 11 is 5.82. The number of benzene rings is 1. The van der Waals surface area contributed by atoms with Gasteiger partial charge in [-0.2, -0.15) is 5.10 Å². The number of carbonyl (C=O) groups is 1. The molecule has 0 bridgehead atoms. The molecule has 1 N–H and O–H groups in total. The standard InChI is InChI=1S/C18H18ClN3O3/c19-14-3-5-15(6-4-14)24-13-16-7-8-17(25-16)18(23)20-9-1-11-22-12-2-10-21-22/h2-8,10,12H,1,9,11,13H2,(H,20,23). The van der Waals surface area contributed by atoms with Gasteiger partial charge in [0.15, 0.2) is 5.76 Å². The Balaban J connectivity index is 1.42. The molecule has 0 aliphatic carbocycles. The summed E-state index contributed by atoms with van der Waals surface area (Å²) in [7, 11) is 0. The molecular formula is C18H18ClN3O3. The van der Waals surface area contributed by atoms with Gasteiger partial charge in [-0.3, -0.25) is 9.48 Å². The highest BCUT2D eigenvalue weighted by Crippen LogP contribution is 2.17. The zero-order chi connectivity index (χ0) is 17.5. The summed E-state index contributed by atoms with van der Waals surface area (Å²) in [5.74, 6) is 1.30. The second-order valence-electron chi connectivity index (χ2n) is 5.39. The molecule has 3 aromatic rings. The zero-order valence-electron chi connectivity index (χ0n) is 13.5. The summed E-state index contributed by atoms with van der Waals surface area (Å²) < 4.78 is 12.9. The lowest BCUT2D eigenvalue weighted by molar-refractivity contribution is 0.0921. The third-order valence-electron chi connectivity index (χ3n) is 3.49. The predicted octanol–water partition coefficient (Wildman–Crippen LogP) is 3.53. The van der Waals surface area contributed by atoms with E-state index in [1.165, 1.54) is 0 Å². The van der Waals surface area contributed by atoms with Crippen LogP contribution in [-0.4, -0.2) is 22.2 Å². The third-order valence-corrected chi connectivity index (χ3v) is 3.74. The molecule has 130 valence electrons. The van der Waals surface area contributed by atoms with Crippen molar-refractivity contribution < 1.29 is 13.9 Å². The van der Waals surface area contributed by atoms with Crippen LogP contribution in [0.25, 0.3) is 0 Å². The van der Waals surface area contributed by atoms with Crippen molar-refractivity contribution in [1.29, 1.82) is 0 Å². The van der Waals surface area contributed by atoms with Crippen LogP contribution < -0.4 is 10.1 Å². The second kappa shape index (κ2) is 8.39. The maximum atomic E-state index is 12.0. The summed E-state index contributed by atoms with van der Waals surface area (Å²) in [6.07, 6.45) is 4.41. The normalized spacial score (nSPS) is 10.6. The molecule has 1 amide bonds. The van der Waals surface area contributed by atoms with Crippen LogP contribution in [0, 0.1) is 0 Å². The number of hydrogen-bond acceptors (Lipinski definition) is 4. The lowest BCUT2D eigenvalue weighted by atomic mass is 10.3. The molecule has 0 aliphatic heterocycles. The first-order valence-electron chi connectivity index (χ1n) is 7.93. The van der Waals surface area contributed by atoms with E-state index in [9.17, 15) is 4.79 Å². The van der Waals surface area contributed by atoms with E-state index >= 15 is 0 Å². The van der Waals surface area contributed by atoms with E-state index in [-0.39, 0.29) is 18.3 Å². The number of hydrogen-bond donors (Lipinski definition) is 1. The molecule has 0 atom stereocenters. The van der Waals surface area contributed by atoms with Crippen LogP contribution in [-0.2, 0) is 13.2 Å². The van der Waals surface area contributed by atoms with Crippen molar-refractivity contribution in [3.63, 3.8) is 0 Å². The first-order chi connectivity index (χ1) is 12.2. The lowest BCUT2D eigenvalue weighted by Crippen LogP contribution is -2.24. The number of aryl methyl sites for hydroxylation is 1. The minimum Gasteiger partial charge on any atom is -0.486 e. The summed E-state index contributed by atoms with van der Waals surface area (Å²) in [6.45, 7) is 1.55. The van der Waals surface area contributed by atoms with Gasteiger partial charge in [0, 0.05) is 30.5 Å². The van der Waals surface area contributed by atoms with Crippen molar-refractivity contribution in [1.82, 2.24) is 15.1 Å². The Morgan fingerprint density at radius 3 is 2.84 bits per heavy atom. The Kier molecular flexibility index (Phi) is 5.74. The monoisotopic (exact) mass is 359 g/mol. The van der Waals surface area contributed by atoms with Crippen molar-refractivity contribution in [2.24, 2.45) is 0 Å². The lowest BCUT2D eigenvalue weighted by Gasteiger charge is -2.05. The summed E-state index contributed by atoms with van der Waals surface area (Å²) in [6, 6.07) is 12.3. The number of carbonyl (C=O) groups excluding carboxylic acids is 1. The number of rotatable bonds is 8. The van der Waals surface area contributed by atoms with Gasteiger partial charge in [0.25, 0.3) is 5.91 Å². The van der Waals surface area contributed by atoms with Crippen molar-refractivity contribution in [2.45, 2.75) is 19.6 Å². The summed E-state index contributed by atoms with van der Waals surface area (Å²) in [5.41, 5.74) is 0. The van der Waals surface area contributed by atoms with Crippen molar-refractivity contribution in [2.75, 3.05) is 6.54 Å². The van der Waals surface area contributed by atoms with Crippen LogP contribution in [0.5, 0.6) is 5.75 Å². The number of ether oxygens (including phenoxy) is 1. The Morgan fingerprint density at radius 2 is 2.08 bits per heavy atom. The molecule has 2 heterocycles. The zero-order valence-corrected chi connectivity index (χ0v) is 14.3.